The van der Waals surface area contributed by atoms with Crippen molar-refractivity contribution in [2.75, 3.05) is 20.3 Å². The van der Waals surface area contributed by atoms with Gasteiger partial charge in [-0.05, 0) is 65.7 Å². The molecule has 0 aromatic carbocycles. The molecule has 1 saturated carbocycles. The molecule has 168 valence electrons. The van der Waals surface area contributed by atoms with Crippen molar-refractivity contribution in [3.8, 4) is 12.8 Å². The molecule has 1 heterocycles. The second-order valence-corrected chi connectivity index (χ2v) is 7.59. The first-order chi connectivity index (χ1) is 13.6. The predicted molar refractivity (Wildman–Crippen MR) is 118 cm³/mol. The lowest BCUT2D eigenvalue weighted by atomic mass is 10.1. The number of carbonyl (C=O) groups is 3. The highest BCUT2D eigenvalue weighted by Crippen LogP contribution is 2.37. The molecule has 1 saturated heterocycles. The van der Waals surface area contributed by atoms with E-state index in [1.807, 2.05) is 26.8 Å². The summed E-state index contributed by atoms with van der Waals surface area (Å²) >= 11 is 0. The average molecular weight is 412 g/mol. The lowest BCUT2D eigenvalue weighted by Crippen LogP contribution is -2.33. The minimum absolute atomic E-state index is 0.0417. The molecular formula is C23H41NO5. The standard InChI is InChI=1S/C7H11NO2.C6H10.C5H12O.C3H6O2.C2H2/c1-6(10)7-3-2-4-8(7)5-9;1-3-6-4-5(6)2;1-5(2,3)6-4;1-2-5-3-4;1-2/h5,7H,2-4H2,1H3;3,5-6H,1,4H2,2H3;1-4H3;3H,2H2,1H3;1-2H. The van der Waals surface area contributed by atoms with Crippen LogP contribution >= 0.6 is 0 Å². The number of ether oxygens (including phenoxy) is 2. The summed E-state index contributed by atoms with van der Waals surface area (Å²) in [6, 6.07) is -0.127. The van der Waals surface area contributed by atoms with Crippen molar-refractivity contribution >= 4 is 18.7 Å². The Morgan fingerprint density at radius 3 is 1.90 bits per heavy atom. The Hall–Kier alpha value is -2.13. The van der Waals surface area contributed by atoms with E-state index >= 15 is 0 Å². The van der Waals surface area contributed by atoms with Crippen molar-refractivity contribution in [2.24, 2.45) is 11.8 Å². The van der Waals surface area contributed by atoms with E-state index in [1.165, 1.54) is 13.3 Å². The van der Waals surface area contributed by atoms with Crippen LogP contribution in [0.3, 0.4) is 0 Å². The van der Waals surface area contributed by atoms with Gasteiger partial charge in [-0.15, -0.1) is 19.4 Å². The van der Waals surface area contributed by atoms with Crippen molar-refractivity contribution in [2.45, 2.75) is 72.4 Å². The van der Waals surface area contributed by atoms with E-state index in [9.17, 15) is 14.4 Å². The molecule has 2 rings (SSSR count). The SMILES string of the molecule is C#C.C=CC1CC1C.CC(=O)C1CCCN1C=O.CCOC=O.COC(C)(C)C. The van der Waals surface area contributed by atoms with Gasteiger partial charge in [0.1, 0.15) is 0 Å². The normalized spacial score (nSPS) is 21.0. The number of amides is 1. The largest absolute Gasteiger partial charge is 0.468 e. The maximum absolute atomic E-state index is 10.8. The third-order valence-corrected chi connectivity index (χ3v) is 4.22. The van der Waals surface area contributed by atoms with Gasteiger partial charge in [0, 0.05) is 13.7 Å². The molecule has 0 N–H and O–H groups in total. The van der Waals surface area contributed by atoms with Gasteiger partial charge in [-0.3, -0.25) is 14.4 Å². The topological polar surface area (TPSA) is 72.9 Å². The van der Waals surface area contributed by atoms with E-state index in [1.54, 1.807) is 18.9 Å². The molecule has 1 aliphatic heterocycles. The number of terminal acetylenes is 1. The van der Waals surface area contributed by atoms with Crippen LogP contribution < -0.4 is 0 Å². The highest BCUT2D eigenvalue weighted by Gasteiger charge is 2.28. The van der Waals surface area contributed by atoms with E-state index in [0.717, 1.165) is 37.6 Å². The van der Waals surface area contributed by atoms with Crippen LogP contribution in [-0.2, 0) is 23.9 Å². The van der Waals surface area contributed by atoms with E-state index in [4.69, 9.17) is 4.74 Å². The second kappa shape index (κ2) is 19.2. The zero-order valence-corrected chi connectivity index (χ0v) is 19.3. The zero-order chi connectivity index (χ0) is 23.5. The Bertz CT molecular complexity index is 468. The quantitative estimate of drug-likeness (QED) is 0.390. The number of rotatable bonds is 5. The third kappa shape index (κ3) is 20.4. The van der Waals surface area contributed by atoms with E-state index in [0.29, 0.717) is 13.1 Å². The van der Waals surface area contributed by atoms with E-state index < -0.39 is 0 Å². The molecule has 6 heteroatoms. The van der Waals surface area contributed by atoms with Gasteiger partial charge in [-0.1, -0.05) is 13.0 Å². The number of Topliss-reactive ketones (excluding diaryl/α,β-unsaturated/α-hetero) is 1. The number of likely N-dealkylation sites (tertiary alicyclic amines) is 1. The van der Waals surface area contributed by atoms with Crippen molar-refractivity contribution in [3.05, 3.63) is 12.7 Å². The summed E-state index contributed by atoms with van der Waals surface area (Å²) in [5.41, 5.74) is 0.0417. The van der Waals surface area contributed by atoms with Gasteiger partial charge < -0.3 is 14.4 Å². The van der Waals surface area contributed by atoms with Crippen LogP contribution in [0.2, 0.25) is 0 Å². The molecule has 2 aliphatic rings. The summed E-state index contributed by atoms with van der Waals surface area (Å²) in [5.74, 6) is 1.91. The molecule has 0 aromatic heterocycles. The molecule has 3 atom stereocenters. The molecule has 1 amide bonds. The fourth-order valence-electron chi connectivity index (χ4n) is 2.10. The van der Waals surface area contributed by atoms with Crippen LogP contribution in [0.5, 0.6) is 0 Å². The highest BCUT2D eigenvalue weighted by atomic mass is 16.5. The maximum atomic E-state index is 10.8. The van der Waals surface area contributed by atoms with Gasteiger partial charge in [0.25, 0.3) is 6.47 Å². The number of carbonyl (C=O) groups excluding carboxylic acids is 3. The molecule has 2 fully saturated rings. The monoisotopic (exact) mass is 411 g/mol. The van der Waals surface area contributed by atoms with Crippen LogP contribution in [0.25, 0.3) is 0 Å². The molecule has 0 aromatic rings. The van der Waals surface area contributed by atoms with Crippen molar-refractivity contribution < 1.29 is 23.9 Å². The van der Waals surface area contributed by atoms with Gasteiger partial charge in [0.2, 0.25) is 6.41 Å². The smallest absolute Gasteiger partial charge is 0.293 e. The molecule has 0 bridgehead atoms. The molecular weight excluding hydrogens is 370 g/mol. The number of ketones is 1. The molecule has 6 nitrogen and oxygen atoms in total. The number of allylic oxidation sites excluding steroid dienone is 1. The Balaban J connectivity index is -0.000000314. The fraction of sp³-hybridized carbons (Fsp3) is 0.696. The molecule has 0 radical (unpaired) electrons. The van der Waals surface area contributed by atoms with Crippen LogP contribution in [0, 0.1) is 24.7 Å². The summed E-state index contributed by atoms with van der Waals surface area (Å²) < 4.78 is 9.09. The Morgan fingerprint density at radius 1 is 1.28 bits per heavy atom. The number of methoxy groups -OCH3 is 1. The first-order valence-electron chi connectivity index (χ1n) is 9.85. The van der Waals surface area contributed by atoms with Gasteiger partial charge in [-0.2, -0.15) is 0 Å². The molecule has 0 spiro atoms. The Kier molecular flexibility index (Phi) is 20.9. The number of nitrogens with zero attached hydrogens (tertiary/aromatic N) is 1. The molecule has 1 aliphatic carbocycles. The van der Waals surface area contributed by atoms with Gasteiger partial charge in [0.05, 0.1) is 18.2 Å². The highest BCUT2D eigenvalue weighted by molar-refractivity contribution is 5.83. The summed E-state index contributed by atoms with van der Waals surface area (Å²) in [7, 11) is 1.71. The zero-order valence-electron chi connectivity index (χ0n) is 19.3. The Labute approximate surface area is 178 Å². The van der Waals surface area contributed by atoms with Gasteiger partial charge in [-0.25, -0.2) is 0 Å². The van der Waals surface area contributed by atoms with Crippen molar-refractivity contribution in [1.29, 1.82) is 0 Å². The van der Waals surface area contributed by atoms with Gasteiger partial charge in [0.15, 0.2) is 5.78 Å². The predicted octanol–water partition coefficient (Wildman–Crippen LogP) is 3.88. The lowest BCUT2D eigenvalue weighted by molar-refractivity contribution is -0.128. The van der Waals surface area contributed by atoms with Gasteiger partial charge >= 0.3 is 0 Å². The Morgan fingerprint density at radius 2 is 1.76 bits per heavy atom. The lowest BCUT2D eigenvalue weighted by Gasteiger charge is -2.15. The summed E-state index contributed by atoms with van der Waals surface area (Å²) in [5, 5.41) is 0. The summed E-state index contributed by atoms with van der Waals surface area (Å²) in [4.78, 5) is 31.9. The molecule has 29 heavy (non-hydrogen) atoms. The van der Waals surface area contributed by atoms with E-state index in [-0.39, 0.29) is 17.4 Å². The van der Waals surface area contributed by atoms with Crippen LogP contribution in [-0.4, -0.2) is 55.5 Å². The second-order valence-electron chi connectivity index (χ2n) is 7.59. The minimum atomic E-state index is -0.127. The fourth-order valence-corrected chi connectivity index (χ4v) is 2.10. The van der Waals surface area contributed by atoms with E-state index in [2.05, 4.69) is 31.1 Å². The minimum Gasteiger partial charge on any atom is -0.468 e. The molecule has 3 unspecified atom stereocenters. The summed E-state index contributed by atoms with van der Waals surface area (Å²) in [6.45, 7) is 16.9. The summed E-state index contributed by atoms with van der Waals surface area (Å²) in [6.07, 6.45) is 14.0. The number of hydrogen-bond donors (Lipinski definition) is 0. The number of hydrogen-bond acceptors (Lipinski definition) is 5. The van der Waals surface area contributed by atoms with Crippen molar-refractivity contribution in [1.82, 2.24) is 4.90 Å². The average Bonchev–Trinajstić information content (AvgIpc) is 3.21. The van der Waals surface area contributed by atoms with Crippen LogP contribution in [0.1, 0.15) is 60.8 Å². The van der Waals surface area contributed by atoms with Crippen LogP contribution in [0.15, 0.2) is 12.7 Å². The van der Waals surface area contributed by atoms with Crippen molar-refractivity contribution in [3.63, 3.8) is 0 Å². The van der Waals surface area contributed by atoms with Crippen LogP contribution in [0.4, 0.5) is 0 Å². The third-order valence-electron chi connectivity index (χ3n) is 4.22. The first kappa shape index (κ1) is 31.6. The maximum Gasteiger partial charge on any atom is 0.293 e. The first-order valence-corrected chi connectivity index (χ1v) is 9.85.